The molecule has 114 valence electrons. The summed E-state index contributed by atoms with van der Waals surface area (Å²) in [5, 5.41) is 22.4. The fourth-order valence-electron chi connectivity index (χ4n) is 3.10. The van der Waals surface area contributed by atoms with Gasteiger partial charge < -0.3 is 10.4 Å². The van der Waals surface area contributed by atoms with Crippen molar-refractivity contribution >= 4 is 17.4 Å². The van der Waals surface area contributed by atoms with Crippen LogP contribution in [0.4, 0.5) is 5.69 Å². The monoisotopic (exact) mass is 304 g/mol. The number of nitriles is 1. The van der Waals surface area contributed by atoms with Gasteiger partial charge >= 0.3 is 0 Å². The van der Waals surface area contributed by atoms with Crippen LogP contribution >= 0.6 is 11.8 Å². The lowest BCUT2D eigenvalue weighted by molar-refractivity contribution is 0.141. The Labute approximate surface area is 131 Å². The first-order valence-electron chi connectivity index (χ1n) is 7.80. The number of nitrogens with one attached hydrogen (secondary N) is 1. The van der Waals surface area contributed by atoms with Crippen molar-refractivity contribution in [1.29, 1.82) is 5.26 Å². The fourth-order valence-corrected chi connectivity index (χ4v) is 3.89. The molecule has 2 rings (SSSR count). The van der Waals surface area contributed by atoms with Crippen LogP contribution in [0.1, 0.15) is 38.2 Å². The lowest BCUT2D eigenvalue weighted by atomic mass is 9.79. The van der Waals surface area contributed by atoms with E-state index in [9.17, 15) is 10.4 Å². The summed E-state index contributed by atoms with van der Waals surface area (Å²) in [4.78, 5) is 1.05. The molecule has 0 spiro atoms. The zero-order chi connectivity index (χ0) is 15.1. The molecule has 1 aromatic carbocycles. The Morgan fingerprint density at radius 2 is 2.10 bits per heavy atom. The van der Waals surface area contributed by atoms with Gasteiger partial charge in [-0.25, -0.2) is 0 Å². The van der Waals surface area contributed by atoms with Gasteiger partial charge in [0.2, 0.25) is 0 Å². The van der Waals surface area contributed by atoms with Gasteiger partial charge in [-0.2, -0.15) is 5.26 Å². The van der Waals surface area contributed by atoms with Gasteiger partial charge in [-0.15, -0.1) is 11.8 Å². The van der Waals surface area contributed by atoms with E-state index in [1.165, 1.54) is 19.3 Å². The highest BCUT2D eigenvalue weighted by molar-refractivity contribution is 7.99. The molecule has 0 heterocycles. The number of anilines is 1. The molecule has 1 fully saturated rings. The number of hydrogen-bond acceptors (Lipinski definition) is 4. The second kappa shape index (κ2) is 8.31. The molecule has 0 bridgehead atoms. The Morgan fingerprint density at radius 3 is 2.76 bits per heavy atom. The Kier molecular flexibility index (Phi) is 6.41. The first kappa shape index (κ1) is 16.2. The topological polar surface area (TPSA) is 56.0 Å². The highest BCUT2D eigenvalue weighted by Gasteiger charge is 2.24. The van der Waals surface area contributed by atoms with E-state index in [1.54, 1.807) is 11.8 Å². The van der Waals surface area contributed by atoms with Crippen molar-refractivity contribution in [1.82, 2.24) is 0 Å². The lowest BCUT2D eigenvalue weighted by Crippen LogP contribution is -2.28. The smallest absolute Gasteiger partial charge is 0.102 e. The summed E-state index contributed by atoms with van der Waals surface area (Å²) in [6, 6.07) is 8.32. The minimum absolute atomic E-state index is 0.281. The SMILES string of the molecule is CCSc1cccc(NCC2CCCCC2CO)c1C#N. The Hall–Kier alpha value is -1.18. The van der Waals surface area contributed by atoms with Crippen molar-refractivity contribution in [2.45, 2.75) is 37.5 Å². The second-order valence-corrected chi connectivity index (χ2v) is 6.90. The van der Waals surface area contributed by atoms with E-state index >= 15 is 0 Å². The maximum absolute atomic E-state index is 9.49. The van der Waals surface area contributed by atoms with Gasteiger partial charge in [0.25, 0.3) is 0 Å². The number of aliphatic hydroxyl groups is 1. The summed E-state index contributed by atoms with van der Waals surface area (Å²) >= 11 is 1.70. The summed E-state index contributed by atoms with van der Waals surface area (Å²) in [6.07, 6.45) is 4.77. The first-order chi connectivity index (χ1) is 10.3. The van der Waals surface area contributed by atoms with Gasteiger partial charge in [-0.3, -0.25) is 0 Å². The van der Waals surface area contributed by atoms with E-state index in [2.05, 4.69) is 18.3 Å². The average molecular weight is 304 g/mol. The third-order valence-electron chi connectivity index (χ3n) is 4.29. The maximum atomic E-state index is 9.49. The molecular weight excluding hydrogens is 280 g/mol. The number of benzene rings is 1. The van der Waals surface area contributed by atoms with Crippen LogP contribution in [0.5, 0.6) is 0 Å². The maximum Gasteiger partial charge on any atom is 0.102 e. The Morgan fingerprint density at radius 1 is 1.33 bits per heavy atom. The van der Waals surface area contributed by atoms with Crippen molar-refractivity contribution in [3.8, 4) is 6.07 Å². The summed E-state index contributed by atoms with van der Waals surface area (Å²) in [5.41, 5.74) is 1.68. The van der Waals surface area contributed by atoms with Crippen molar-refractivity contribution < 1.29 is 5.11 Å². The molecule has 2 atom stereocenters. The van der Waals surface area contributed by atoms with E-state index < -0.39 is 0 Å². The normalized spacial score (nSPS) is 21.8. The Bertz CT molecular complexity index is 498. The summed E-state index contributed by atoms with van der Waals surface area (Å²) in [5.74, 6) is 1.88. The number of nitrogens with zero attached hydrogens (tertiary/aromatic N) is 1. The van der Waals surface area contributed by atoms with Crippen LogP contribution in [-0.4, -0.2) is 24.0 Å². The van der Waals surface area contributed by atoms with Crippen molar-refractivity contribution in [3.63, 3.8) is 0 Å². The first-order valence-corrected chi connectivity index (χ1v) is 8.79. The second-order valence-electron chi connectivity index (χ2n) is 5.59. The highest BCUT2D eigenvalue weighted by atomic mass is 32.2. The molecular formula is C17H24N2OS. The van der Waals surface area contributed by atoms with E-state index in [1.807, 2.05) is 18.2 Å². The standard InChI is InChI=1S/C17H24N2OS/c1-2-21-17-9-5-8-16(15(17)10-18)19-11-13-6-3-4-7-14(13)12-20/h5,8-9,13-14,19-20H,2-4,6-7,11-12H2,1H3. The molecule has 1 aliphatic carbocycles. The molecule has 2 N–H and O–H groups in total. The van der Waals surface area contributed by atoms with Crippen LogP contribution in [0.15, 0.2) is 23.1 Å². The van der Waals surface area contributed by atoms with Crippen molar-refractivity contribution in [2.24, 2.45) is 11.8 Å². The summed E-state index contributed by atoms with van der Waals surface area (Å²) in [7, 11) is 0. The number of rotatable bonds is 6. The van der Waals surface area contributed by atoms with Gasteiger partial charge in [0.05, 0.1) is 11.3 Å². The highest BCUT2D eigenvalue weighted by Crippen LogP contribution is 2.32. The molecule has 21 heavy (non-hydrogen) atoms. The van der Waals surface area contributed by atoms with Gasteiger partial charge in [0, 0.05) is 18.0 Å². The minimum Gasteiger partial charge on any atom is -0.396 e. The molecule has 1 aromatic rings. The van der Waals surface area contributed by atoms with E-state index in [0.717, 1.165) is 34.9 Å². The quantitative estimate of drug-likeness (QED) is 0.783. The molecule has 4 heteroatoms. The van der Waals surface area contributed by atoms with Crippen LogP contribution in [0.2, 0.25) is 0 Å². The van der Waals surface area contributed by atoms with Crippen LogP contribution in [-0.2, 0) is 0 Å². The van der Waals surface area contributed by atoms with E-state index in [0.29, 0.717) is 11.8 Å². The minimum atomic E-state index is 0.281. The predicted octanol–water partition coefficient (Wildman–Crippen LogP) is 3.88. The molecule has 2 unspecified atom stereocenters. The molecule has 1 aliphatic rings. The van der Waals surface area contributed by atoms with Crippen molar-refractivity contribution in [3.05, 3.63) is 23.8 Å². The van der Waals surface area contributed by atoms with Crippen LogP contribution < -0.4 is 5.32 Å². The molecule has 0 radical (unpaired) electrons. The summed E-state index contributed by atoms with van der Waals surface area (Å²) < 4.78 is 0. The largest absolute Gasteiger partial charge is 0.396 e. The third-order valence-corrected chi connectivity index (χ3v) is 5.23. The molecule has 0 saturated heterocycles. The zero-order valence-corrected chi connectivity index (χ0v) is 13.5. The lowest BCUT2D eigenvalue weighted by Gasteiger charge is -2.30. The molecule has 0 amide bonds. The van der Waals surface area contributed by atoms with Crippen LogP contribution in [0.3, 0.4) is 0 Å². The summed E-state index contributed by atoms with van der Waals surface area (Å²) in [6.45, 7) is 3.23. The molecule has 3 nitrogen and oxygen atoms in total. The van der Waals surface area contributed by atoms with Crippen molar-refractivity contribution in [2.75, 3.05) is 24.2 Å². The molecule has 1 saturated carbocycles. The molecule has 0 aromatic heterocycles. The molecule has 0 aliphatic heterocycles. The van der Waals surface area contributed by atoms with Crippen LogP contribution in [0, 0.1) is 23.2 Å². The van der Waals surface area contributed by atoms with Gasteiger partial charge in [0.15, 0.2) is 0 Å². The number of hydrogen-bond donors (Lipinski definition) is 2. The fraction of sp³-hybridized carbons (Fsp3) is 0.588. The number of aliphatic hydroxyl groups excluding tert-OH is 1. The Balaban J connectivity index is 2.05. The average Bonchev–Trinajstić information content (AvgIpc) is 2.53. The predicted molar refractivity (Wildman–Crippen MR) is 88.6 cm³/mol. The van der Waals surface area contributed by atoms with Crippen LogP contribution in [0.25, 0.3) is 0 Å². The van der Waals surface area contributed by atoms with E-state index in [4.69, 9.17) is 0 Å². The number of thioether (sulfide) groups is 1. The third kappa shape index (κ3) is 4.15. The van der Waals surface area contributed by atoms with Gasteiger partial charge in [-0.1, -0.05) is 25.8 Å². The van der Waals surface area contributed by atoms with Gasteiger partial charge in [0.1, 0.15) is 6.07 Å². The van der Waals surface area contributed by atoms with E-state index in [-0.39, 0.29) is 6.61 Å². The zero-order valence-electron chi connectivity index (χ0n) is 12.6. The van der Waals surface area contributed by atoms with Gasteiger partial charge in [-0.05, 0) is 42.6 Å².